The van der Waals surface area contributed by atoms with Gasteiger partial charge in [0.2, 0.25) is 0 Å². The Morgan fingerprint density at radius 2 is 2.46 bits per heavy atom. The molecule has 1 aromatic heterocycles. The maximum Gasteiger partial charge on any atom is 0.339 e. The molecule has 0 aliphatic rings. The second-order valence-electron chi connectivity index (χ2n) is 2.42. The van der Waals surface area contributed by atoms with E-state index in [4.69, 9.17) is 4.74 Å². The fourth-order valence-corrected chi connectivity index (χ4v) is 1.02. The number of halogens is 1. The minimum Gasteiger partial charge on any atom is -0.462 e. The van der Waals surface area contributed by atoms with Crippen LogP contribution >= 0.6 is 15.9 Å². The molecule has 0 aliphatic carbocycles. The lowest BCUT2D eigenvalue weighted by Gasteiger charge is -2.01. The van der Waals surface area contributed by atoms with Crippen molar-refractivity contribution in [1.82, 2.24) is 4.98 Å². The predicted octanol–water partition coefficient (Wildman–Crippen LogP) is 2.02. The fraction of sp³-hybridized carbons (Fsp3) is 0.333. The Kier molecular flexibility index (Phi) is 4.46. The average Bonchev–Trinajstić information content (AvgIpc) is 2.19. The molecule has 0 atom stereocenters. The van der Waals surface area contributed by atoms with Gasteiger partial charge in [0.05, 0.1) is 12.2 Å². The maximum absolute atomic E-state index is 11.2. The van der Waals surface area contributed by atoms with Crippen LogP contribution in [0.3, 0.4) is 0 Å². The van der Waals surface area contributed by atoms with E-state index in [1.54, 1.807) is 18.3 Å². The zero-order valence-electron chi connectivity index (χ0n) is 7.07. The Balaban J connectivity index is 2.40. The van der Waals surface area contributed by atoms with E-state index < -0.39 is 0 Å². The number of hydrogen-bond donors (Lipinski definition) is 0. The average molecular weight is 244 g/mol. The summed E-state index contributed by atoms with van der Waals surface area (Å²) in [5.74, 6) is -0.311. The number of carbonyl (C=O) groups is 1. The fourth-order valence-electron chi connectivity index (χ4n) is 0.786. The molecule has 0 unspecified atom stereocenters. The van der Waals surface area contributed by atoms with Crippen molar-refractivity contribution in [2.24, 2.45) is 0 Å². The molecule has 1 rings (SSSR count). The molecular weight excluding hydrogens is 234 g/mol. The van der Waals surface area contributed by atoms with E-state index in [-0.39, 0.29) is 5.97 Å². The molecular formula is C9H10BrNO2. The van der Waals surface area contributed by atoms with Gasteiger partial charge in [-0.15, -0.1) is 0 Å². The normalized spacial score (nSPS) is 9.62. The van der Waals surface area contributed by atoms with Crippen LogP contribution in [0, 0.1) is 0 Å². The highest BCUT2D eigenvalue weighted by Gasteiger charge is 2.04. The van der Waals surface area contributed by atoms with Crippen LogP contribution < -0.4 is 0 Å². The third-order valence-electron chi connectivity index (χ3n) is 1.41. The van der Waals surface area contributed by atoms with Crippen LogP contribution in [0.5, 0.6) is 0 Å². The van der Waals surface area contributed by atoms with Crippen molar-refractivity contribution < 1.29 is 9.53 Å². The summed E-state index contributed by atoms with van der Waals surface area (Å²) < 4.78 is 4.96. The van der Waals surface area contributed by atoms with Crippen LogP contribution in [0.25, 0.3) is 0 Å². The molecule has 0 bridgehead atoms. The van der Waals surface area contributed by atoms with Gasteiger partial charge in [-0.1, -0.05) is 15.9 Å². The molecule has 70 valence electrons. The minimum absolute atomic E-state index is 0.311. The maximum atomic E-state index is 11.2. The third kappa shape index (κ3) is 3.55. The first-order valence-electron chi connectivity index (χ1n) is 3.97. The van der Waals surface area contributed by atoms with Crippen molar-refractivity contribution in [2.75, 3.05) is 11.9 Å². The lowest BCUT2D eigenvalue weighted by Crippen LogP contribution is -2.06. The number of alkyl halides is 1. The molecule has 0 saturated heterocycles. The summed E-state index contributed by atoms with van der Waals surface area (Å²) in [4.78, 5) is 15.1. The lowest BCUT2D eigenvalue weighted by atomic mass is 10.3. The Labute approximate surface area is 85.3 Å². The molecule has 0 aliphatic heterocycles. The monoisotopic (exact) mass is 243 g/mol. The van der Waals surface area contributed by atoms with Crippen LogP contribution in [0.15, 0.2) is 24.5 Å². The smallest absolute Gasteiger partial charge is 0.339 e. The van der Waals surface area contributed by atoms with E-state index in [0.29, 0.717) is 12.2 Å². The van der Waals surface area contributed by atoms with Crippen LogP contribution in [-0.4, -0.2) is 22.9 Å². The molecule has 13 heavy (non-hydrogen) atoms. The number of pyridine rings is 1. The highest BCUT2D eigenvalue weighted by molar-refractivity contribution is 9.09. The standard InChI is InChI=1S/C9H10BrNO2/c10-4-2-6-13-9(12)8-3-1-5-11-7-8/h1,3,5,7H,2,4,6H2. The SMILES string of the molecule is O=C(OCCCBr)c1cccnc1. The van der Waals surface area contributed by atoms with Gasteiger partial charge >= 0.3 is 5.97 Å². The van der Waals surface area contributed by atoms with Gasteiger partial charge in [-0.25, -0.2) is 4.79 Å². The Bertz CT molecular complexity index is 264. The van der Waals surface area contributed by atoms with Crippen molar-refractivity contribution >= 4 is 21.9 Å². The molecule has 0 radical (unpaired) electrons. The molecule has 1 aromatic rings. The number of ether oxygens (including phenoxy) is 1. The van der Waals surface area contributed by atoms with E-state index in [0.717, 1.165) is 11.8 Å². The van der Waals surface area contributed by atoms with E-state index in [2.05, 4.69) is 20.9 Å². The second-order valence-corrected chi connectivity index (χ2v) is 3.21. The van der Waals surface area contributed by atoms with Crippen molar-refractivity contribution in [1.29, 1.82) is 0 Å². The largest absolute Gasteiger partial charge is 0.462 e. The topological polar surface area (TPSA) is 39.2 Å². The summed E-state index contributed by atoms with van der Waals surface area (Å²) in [6, 6.07) is 3.39. The molecule has 0 fully saturated rings. The second kappa shape index (κ2) is 5.70. The van der Waals surface area contributed by atoms with Crippen molar-refractivity contribution in [3.05, 3.63) is 30.1 Å². The van der Waals surface area contributed by atoms with Crippen LogP contribution in [-0.2, 0) is 4.74 Å². The molecule has 1 heterocycles. The van der Waals surface area contributed by atoms with Gasteiger partial charge < -0.3 is 4.74 Å². The lowest BCUT2D eigenvalue weighted by molar-refractivity contribution is 0.0506. The number of rotatable bonds is 4. The van der Waals surface area contributed by atoms with E-state index in [1.165, 1.54) is 6.20 Å². The van der Waals surface area contributed by atoms with Gasteiger partial charge in [-0.05, 0) is 18.6 Å². The van der Waals surface area contributed by atoms with Gasteiger partial charge in [-0.2, -0.15) is 0 Å². The number of esters is 1. The molecule has 0 amide bonds. The van der Waals surface area contributed by atoms with Gasteiger partial charge in [0.1, 0.15) is 0 Å². The predicted molar refractivity (Wildman–Crippen MR) is 52.9 cm³/mol. The first kappa shape index (κ1) is 10.2. The quantitative estimate of drug-likeness (QED) is 0.462. The summed E-state index contributed by atoms with van der Waals surface area (Å²) in [7, 11) is 0. The molecule has 0 aromatic carbocycles. The van der Waals surface area contributed by atoms with E-state index >= 15 is 0 Å². The molecule has 0 spiro atoms. The zero-order chi connectivity index (χ0) is 9.52. The van der Waals surface area contributed by atoms with Crippen LogP contribution in [0.4, 0.5) is 0 Å². The van der Waals surface area contributed by atoms with Gasteiger partial charge in [-0.3, -0.25) is 4.98 Å². The molecule has 0 saturated carbocycles. The first-order valence-corrected chi connectivity index (χ1v) is 5.10. The van der Waals surface area contributed by atoms with Crippen molar-refractivity contribution in [3.8, 4) is 0 Å². The van der Waals surface area contributed by atoms with Crippen LogP contribution in [0.2, 0.25) is 0 Å². The summed E-state index contributed by atoms with van der Waals surface area (Å²) in [6.07, 6.45) is 3.94. The Morgan fingerprint density at radius 3 is 3.08 bits per heavy atom. The van der Waals surface area contributed by atoms with Crippen molar-refractivity contribution in [3.63, 3.8) is 0 Å². The highest BCUT2D eigenvalue weighted by atomic mass is 79.9. The number of hydrogen-bond acceptors (Lipinski definition) is 3. The summed E-state index contributed by atoms with van der Waals surface area (Å²) >= 11 is 3.25. The van der Waals surface area contributed by atoms with E-state index in [1.807, 2.05) is 0 Å². The van der Waals surface area contributed by atoms with Gasteiger partial charge in [0.15, 0.2) is 0 Å². The first-order chi connectivity index (χ1) is 6.34. The van der Waals surface area contributed by atoms with E-state index in [9.17, 15) is 4.79 Å². The van der Waals surface area contributed by atoms with Gasteiger partial charge in [0.25, 0.3) is 0 Å². The Morgan fingerprint density at radius 1 is 1.62 bits per heavy atom. The highest BCUT2D eigenvalue weighted by Crippen LogP contribution is 1.99. The summed E-state index contributed by atoms with van der Waals surface area (Å²) in [5, 5.41) is 0.841. The Hall–Kier alpha value is -0.900. The van der Waals surface area contributed by atoms with Crippen LogP contribution in [0.1, 0.15) is 16.8 Å². The summed E-state index contributed by atoms with van der Waals surface area (Å²) in [6.45, 7) is 0.443. The number of nitrogens with zero attached hydrogens (tertiary/aromatic N) is 1. The minimum atomic E-state index is -0.311. The zero-order valence-corrected chi connectivity index (χ0v) is 8.66. The number of aromatic nitrogens is 1. The van der Waals surface area contributed by atoms with Gasteiger partial charge in [0, 0.05) is 17.7 Å². The molecule has 4 heteroatoms. The molecule has 3 nitrogen and oxygen atoms in total. The van der Waals surface area contributed by atoms with Crippen molar-refractivity contribution in [2.45, 2.75) is 6.42 Å². The third-order valence-corrected chi connectivity index (χ3v) is 1.97. The summed E-state index contributed by atoms with van der Waals surface area (Å²) in [5.41, 5.74) is 0.497. The molecule has 0 N–H and O–H groups in total. The number of carbonyl (C=O) groups excluding carboxylic acids is 1.